The van der Waals surface area contributed by atoms with Crippen LogP contribution in [0.3, 0.4) is 0 Å². The summed E-state index contributed by atoms with van der Waals surface area (Å²) in [4.78, 5) is 0. The van der Waals surface area contributed by atoms with Gasteiger partial charge in [-0.05, 0) is 55.2 Å². The highest BCUT2D eigenvalue weighted by Gasteiger charge is 2.10. The van der Waals surface area contributed by atoms with Gasteiger partial charge in [-0.25, -0.2) is 0 Å². The minimum atomic E-state index is 0.232. The van der Waals surface area contributed by atoms with E-state index < -0.39 is 0 Å². The fourth-order valence-electron chi connectivity index (χ4n) is 2.37. The molecule has 0 aromatic heterocycles. The third kappa shape index (κ3) is 4.57. The van der Waals surface area contributed by atoms with E-state index >= 15 is 0 Å². The quantitative estimate of drug-likeness (QED) is 0.760. The Morgan fingerprint density at radius 2 is 1.64 bits per heavy atom. The SMILES string of the molecule is CCc1ccc(NC(=S)NC(CC)c2ccc(C)cc2)cc1. The second-order valence-electron chi connectivity index (χ2n) is 5.52. The van der Waals surface area contributed by atoms with E-state index in [0.717, 1.165) is 18.5 Å². The van der Waals surface area contributed by atoms with Crippen molar-refractivity contribution >= 4 is 23.0 Å². The molecule has 116 valence electrons. The Morgan fingerprint density at radius 3 is 2.18 bits per heavy atom. The fourth-order valence-corrected chi connectivity index (χ4v) is 2.63. The summed E-state index contributed by atoms with van der Waals surface area (Å²) in [7, 11) is 0. The zero-order chi connectivity index (χ0) is 15.9. The molecule has 0 aliphatic rings. The molecule has 0 spiro atoms. The highest BCUT2D eigenvalue weighted by Crippen LogP contribution is 2.18. The molecule has 2 nitrogen and oxygen atoms in total. The van der Waals surface area contributed by atoms with Gasteiger partial charge in [0.2, 0.25) is 0 Å². The molecule has 0 saturated heterocycles. The number of anilines is 1. The summed E-state index contributed by atoms with van der Waals surface area (Å²) in [6, 6.07) is 17.2. The molecule has 22 heavy (non-hydrogen) atoms. The second kappa shape index (κ2) is 7.95. The molecule has 0 aliphatic heterocycles. The van der Waals surface area contributed by atoms with Crippen molar-refractivity contribution in [1.82, 2.24) is 5.32 Å². The molecule has 1 atom stereocenters. The first-order chi connectivity index (χ1) is 10.6. The molecular weight excluding hydrogens is 288 g/mol. The number of benzene rings is 2. The molecule has 2 N–H and O–H groups in total. The van der Waals surface area contributed by atoms with E-state index in [1.54, 1.807) is 0 Å². The van der Waals surface area contributed by atoms with Crippen LogP contribution in [0.2, 0.25) is 0 Å². The van der Waals surface area contributed by atoms with Crippen molar-refractivity contribution in [2.45, 2.75) is 39.7 Å². The van der Waals surface area contributed by atoms with Crippen molar-refractivity contribution in [2.24, 2.45) is 0 Å². The van der Waals surface area contributed by atoms with Crippen LogP contribution in [0.5, 0.6) is 0 Å². The van der Waals surface area contributed by atoms with E-state index in [9.17, 15) is 0 Å². The lowest BCUT2D eigenvalue weighted by atomic mass is 10.0. The maximum Gasteiger partial charge on any atom is 0.171 e. The van der Waals surface area contributed by atoms with Crippen LogP contribution in [-0.4, -0.2) is 5.11 Å². The van der Waals surface area contributed by atoms with Crippen LogP contribution in [-0.2, 0) is 6.42 Å². The van der Waals surface area contributed by atoms with Crippen LogP contribution in [0, 0.1) is 6.92 Å². The highest BCUT2D eigenvalue weighted by atomic mass is 32.1. The lowest BCUT2D eigenvalue weighted by Crippen LogP contribution is -2.32. The van der Waals surface area contributed by atoms with Gasteiger partial charge in [0, 0.05) is 5.69 Å². The van der Waals surface area contributed by atoms with Crippen LogP contribution in [0.25, 0.3) is 0 Å². The number of hydrogen-bond acceptors (Lipinski definition) is 1. The lowest BCUT2D eigenvalue weighted by molar-refractivity contribution is 0.629. The summed E-state index contributed by atoms with van der Waals surface area (Å²) in [6.07, 6.45) is 2.04. The summed E-state index contributed by atoms with van der Waals surface area (Å²) in [5.41, 5.74) is 4.89. The molecule has 2 rings (SSSR count). The van der Waals surface area contributed by atoms with Gasteiger partial charge in [0.05, 0.1) is 6.04 Å². The first kappa shape index (κ1) is 16.5. The molecule has 0 heterocycles. The van der Waals surface area contributed by atoms with E-state index in [4.69, 9.17) is 12.2 Å². The number of aryl methyl sites for hydroxylation is 2. The van der Waals surface area contributed by atoms with Gasteiger partial charge in [-0.1, -0.05) is 55.8 Å². The Bertz CT molecular complexity index is 602. The molecule has 0 fully saturated rings. The van der Waals surface area contributed by atoms with Crippen LogP contribution in [0.1, 0.15) is 43.0 Å². The summed E-state index contributed by atoms with van der Waals surface area (Å²) in [6.45, 7) is 6.42. The predicted molar refractivity (Wildman–Crippen MR) is 99.4 cm³/mol. The van der Waals surface area contributed by atoms with Crippen molar-refractivity contribution in [3.63, 3.8) is 0 Å². The molecule has 2 aromatic rings. The van der Waals surface area contributed by atoms with E-state index in [-0.39, 0.29) is 6.04 Å². The Balaban J connectivity index is 1.98. The Hall–Kier alpha value is -1.87. The molecule has 1 unspecified atom stereocenters. The molecule has 0 aliphatic carbocycles. The average Bonchev–Trinajstić information content (AvgIpc) is 2.54. The normalized spacial score (nSPS) is 11.8. The monoisotopic (exact) mass is 312 g/mol. The number of nitrogens with one attached hydrogen (secondary N) is 2. The fraction of sp³-hybridized carbons (Fsp3) is 0.316. The average molecular weight is 312 g/mol. The number of hydrogen-bond donors (Lipinski definition) is 2. The summed E-state index contributed by atoms with van der Waals surface area (Å²) in [5.74, 6) is 0. The van der Waals surface area contributed by atoms with Crippen molar-refractivity contribution < 1.29 is 0 Å². The van der Waals surface area contributed by atoms with Gasteiger partial charge in [0.25, 0.3) is 0 Å². The van der Waals surface area contributed by atoms with E-state index in [1.807, 2.05) is 0 Å². The predicted octanol–water partition coefficient (Wildman–Crippen LogP) is 5.00. The number of rotatable bonds is 5. The van der Waals surface area contributed by atoms with Gasteiger partial charge in [0.15, 0.2) is 5.11 Å². The Morgan fingerprint density at radius 1 is 1.00 bits per heavy atom. The zero-order valence-corrected chi connectivity index (χ0v) is 14.3. The summed E-state index contributed by atoms with van der Waals surface area (Å²) in [5, 5.41) is 7.32. The summed E-state index contributed by atoms with van der Waals surface area (Å²) >= 11 is 5.44. The minimum Gasteiger partial charge on any atom is -0.356 e. The molecule has 0 bridgehead atoms. The summed E-state index contributed by atoms with van der Waals surface area (Å²) < 4.78 is 0. The van der Waals surface area contributed by atoms with Crippen LogP contribution >= 0.6 is 12.2 Å². The van der Waals surface area contributed by atoms with E-state index in [0.29, 0.717) is 5.11 Å². The smallest absolute Gasteiger partial charge is 0.171 e. The minimum absolute atomic E-state index is 0.232. The van der Waals surface area contributed by atoms with Crippen molar-refractivity contribution in [3.05, 3.63) is 65.2 Å². The second-order valence-corrected chi connectivity index (χ2v) is 5.93. The van der Waals surface area contributed by atoms with Crippen LogP contribution in [0.15, 0.2) is 48.5 Å². The van der Waals surface area contributed by atoms with Gasteiger partial charge < -0.3 is 10.6 Å². The lowest BCUT2D eigenvalue weighted by Gasteiger charge is -2.20. The maximum atomic E-state index is 5.44. The first-order valence-electron chi connectivity index (χ1n) is 7.85. The Kier molecular flexibility index (Phi) is 5.96. The van der Waals surface area contributed by atoms with E-state index in [2.05, 4.69) is 79.9 Å². The van der Waals surface area contributed by atoms with Gasteiger partial charge in [-0.15, -0.1) is 0 Å². The Labute approximate surface area is 139 Å². The largest absolute Gasteiger partial charge is 0.356 e. The van der Waals surface area contributed by atoms with Gasteiger partial charge in [-0.3, -0.25) is 0 Å². The zero-order valence-electron chi connectivity index (χ0n) is 13.5. The molecule has 0 radical (unpaired) electrons. The number of thiocarbonyl (C=S) groups is 1. The first-order valence-corrected chi connectivity index (χ1v) is 8.26. The van der Waals surface area contributed by atoms with Gasteiger partial charge in [-0.2, -0.15) is 0 Å². The molecular formula is C19H24N2S. The topological polar surface area (TPSA) is 24.1 Å². The molecule has 0 saturated carbocycles. The maximum absolute atomic E-state index is 5.44. The van der Waals surface area contributed by atoms with Crippen LogP contribution < -0.4 is 10.6 Å². The molecule has 0 amide bonds. The van der Waals surface area contributed by atoms with E-state index in [1.165, 1.54) is 16.7 Å². The third-order valence-electron chi connectivity index (χ3n) is 3.81. The van der Waals surface area contributed by atoms with Crippen molar-refractivity contribution in [3.8, 4) is 0 Å². The molecule has 3 heteroatoms. The van der Waals surface area contributed by atoms with Gasteiger partial charge >= 0.3 is 0 Å². The van der Waals surface area contributed by atoms with Crippen LogP contribution in [0.4, 0.5) is 5.69 Å². The highest BCUT2D eigenvalue weighted by molar-refractivity contribution is 7.80. The van der Waals surface area contributed by atoms with Crippen molar-refractivity contribution in [1.29, 1.82) is 0 Å². The standard InChI is InChI=1S/C19H24N2S/c1-4-15-8-12-17(13-9-15)20-19(22)21-18(5-2)16-10-6-14(3)7-11-16/h6-13,18H,4-5H2,1-3H3,(H2,20,21,22). The third-order valence-corrected chi connectivity index (χ3v) is 4.03. The molecule has 2 aromatic carbocycles. The van der Waals surface area contributed by atoms with Crippen molar-refractivity contribution in [2.75, 3.05) is 5.32 Å². The van der Waals surface area contributed by atoms with Gasteiger partial charge in [0.1, 0.15) is 0 Å².